The molecule has 0 spiro atoms. The molecule has 5 nitrogen and oxygen atoms in total. The minimum atomic E-state index is 0.0646. The molecule has 1 aliphatic heterocycles. The van der Waals surface area contributed by atoms with Crippen molar-refractivity contribution in [2.45, 2.75) is 38.8 Å². The molecule has 1 heterocycles. The number of ether oxygens (including phenoxy) is 2. The second-order valence-electron chi connectivity index (χ2n) is 4.98. The van der Waals surface area contributed by atoms with Crippen molar-refractivity contribution < 1.29 is 14.3 Å². The van der Waals surface area contributed by atoms with Crippen molar-refractivity contribution in [1.29, 1.82) is 0 Å². The highest BCUT2D eigenvalue weighted by Crippen LogP contribution is 2.09. The van der Waals surface area contributed by atoms with Crippen LogP contribution < -0.4 is 5.32 Å². The molecular formula is C13H26N2O3. The van der Waals surface area contributed by atoms with Crippen molar-refractivity contribution in [3.8, 4) is 0 Å². The van der Waals surface area contributed by atoms with Gasteiger partial charge < -0.3 is 19.7 Å². The van der Waals surface area contributed by atoms with E-state index in [-0.39, 0.29) is 18.6 Å². The van der Waals surface area contributed by atoms with E-state index in [2.05, 4.69) is 5.32 Å². The minimum Gasteiger partial charge on any atom is -0.382 e. The van der Waals surface area contributed by atoms with Gasteiger partial charge in [0.15, 0.2) is 0 Å². The van der Waals surface area contributed by atoms with Gasteiger partial charge in [0.1, 0.15) is 6.61 Å². The lowest BCUT2D eigenvalue weighted by Crippen LogP contribution is -2.46. The zero-order chi connectivity index (χ0) is 13.4. The molecule has 1 amide bonds. The predicted octanol–water partition coefficient (Wildman–Crippen LogP) is 0.638. The maximum absolute atomic E-state index is 12.1. The van der Waals surface area contributed by atoms with Crippen molar-refractivity contribution >= 4 is 5.91 Å². The fourth-order valence-electron chi connectivity index (χ4n) is 2.14. The van der Waals surface area contributed by atoms with Crippen LogP contribution in [0.4, 0.5) is 0 Å². The molecule has 18 heavy (non-hydrogen) atoms. The molecule has 0 aromatic carbocycles. The van der Waals surface area contributed by atoms with Gasteiger partial charge in [0.2, 0.25) is 5.91 Å². The van der Waals surface area contributed by atoms with Crippen LogP contribution in [-0.2, 0) is 14.3 Å². The van der Waals surface area contributed by atoms with E-state index < -0.39 is 0 Å². The van der Waals surface area contributed by atoms with Gasteiger partial charge in [-0.15, -0.1) is 0 Å². The van der Waals surface area contributed by atoms with Crippen LogP contribution in [0, 0.1) is 0 Å². The van der Waals surface area contributed by atoms with E-state index in [0.717, 1.165) is 19.5 Å². The van der Waals surface area contributed by atoms with Crippen LogP contribution in [0.15, 0.2) is 0 Å². The summed E-state index contributed by atoms with van der Waals surface area (Å²) in [6, 6.07) is 0.654. The molecule has 1 saturated heterocycles. The highest BCUT2D eigenvalue weighted by molar-refractivity contribution is 5.77. The van der Waals surface area contributed by atoms with E-state index in [1.54, 1.807) is 7.11 Å². The number of hydrogen-bond acceptors (Lipinski definition) is 4. The highest BCUT2D eigenvalue weighted by Gasteiger charge is 2.23. The molecule has 1 rings (SSSR count). The molecule has 5 heteroatoms. The Kier molecular flexibility index (Phi) is 7.23. The van der Waals surface area contributed by atoms with Crippen LogP contribution in [0.3, 0.4) is 0 Å². The van der Waals surface area contributed by atoms with Crippen LogP contribution in [0.2, 0.25) is 0 Å². The molecular weight excluding hydrogens is 232 g/mol. The largest absolute Gasteiger partial charge is 0.382 e. The second-order valence-corrected chi connectivity index (χ2v) is 4.98. The monoisotopic (exact) mass is 258 g/mol. The molecule has 0 radical (unpaired) electrons. The average molecular weight is 258 g/mol. The molecule has 1 fully saturated rings. The summed E-state index contributed by atoms with van der Waals surface area (Å²) in [5, 5.41) is 3.42. The van der Waals surface area contributed by atoms with Gasteiger partial charge >= 0.3 is 0 Å². The fraction of sp³-hybridized carbons (Fsp3) is 0.923. The lowest BCUT2D eigenvalue weighted by atomic mass is 10.2. The van der Waals surface area contributed by atoms with Gasteiger partial charge in [0.05, 0.1) is 13.2 Å². The van der Waals surface area contributed by atoms with E-state index in [0.29, 0.717) is 19.3 Å². The molecule has 0 saturated carbocycles. The Balaban J connectivity index is 2.32. The molecule has 106 valence electrons. The first-order valence-corrected chi connectivity index (χ1v) is 6.74. The first-order valence-electron chi connectivity index (χ1n) is 6.74. The third-order valence-corrected chi connectivity index (χ3v) is 3.18. The van der Waals surface area contributed by atoms with Gasteiger partial charge in [-0.2, -0.15) is 0 Å². The summed E-state index contributed by atoms with van der Waals surface area (Å²) >= 11 is 0. The molecule has 1 aliphatic rings. The Hall–Kier alpha value is -0.650. The van der Waals surface area contributed by atoms with Gasteiger partial charge in [-0.25, -0.2) is 0 Å². The van der Waals surface area contributed by atoms with Crippen molar-refractivity contribution in [3.63, 3.8) is 0 Å². The van der Waals surface area contributed by atoms with Crippen molar-refractivity contribution in [2.75, 3.05) is 40.0 Å². The van der Waals surface area contributed by atoms with Gasteiger partial charge in [0.25, 0.3) is 0 Å². The van der Waals surface area contributed by atoms with Crippen LogP contribution in [-0.4, -0.2) is 62.9 Å². The lowest BCUT2D eigenvalue weighted by Gasteiger charge is -2.29. The molecule has 0 aliphatic carbocycles. The van der Waals surface area contributed by atoms with Crippen LogP contribution in [0.5, 0.6) is 0 Å². The van der Waals surface area contributed by atoms with Gasteiger partial charge in [-0.05, 0) is 33.2 Å². The van der Waals surface area contributed by atoms with Gasteiger partial charge in [0, 0.05) is 25.7 Å². The normalized spacial score (nSPS) is 19.4. The number of hydrogen-bond donors (Lipinski definition) is 1. The highest BCUT2D eigenvalue weighted by atomic mass is 16.5. The SMILES string of the molecule is COCCOCC(=O)N(CC1CCCN1)C(C)C. The summed E-state index contributed by atoms with van der Waals surface area (Å²) < 4.78 is 10.2. The third kappa shape index (κ3) is 5.33. The summed E-state index contributed by atoms with van der Waals surface area (Å²) in [6.07, 6.45) is 2.36. The molecule has 0 aromatic rings. The predicted molar refractivity (Wildman–Crippen MR) is 70.6 cm³/mol. The number of carbonyl (C=O) groups is 1. The molecule has 0 aromatic heterocycles. The topological polar surface area (TPSA) is 50.8 Å². The van der Waals surface area contributed by atoms with Crippen LogP contribution in [0.25, 0.3) is 0 Å². The van der Waals surface area contributed by atoms with E-state index >= 15 is 0 Å². The lowest BCUT2D eigenvalue weighted by molar-refractivity contribution is -0.138. The number of nitrogens with one attached hydrogen (secondary N) is 1. The molecule has 0 bridgehead atoms. The van der Waals surface area contributed by atoms with E-state index in [4.69, 9.17) is 9.47 Å². The Bertz CT molecular complexity index is 240. The van der Waals surface area contributed by atoms with Gasteiger partial charge in [-0.3, -0.25) is 4.79 Å². The van der Waals surface area contributed by atoms with Crippen molar-refractivity contribution in [3.05, 3.63) is 0 Å². The maximum Gasteiger partial charge on any atom is 0.248 e. The first-order chi connectivity index (χ1) is 8.65. The average Bonchev–Trinajstić information content (AvgIpc) is 2.84. The summed E-state index contributed by atoms with van der Waals surface area (Å²) in [4.78, 5) is 14.0. The number of rotatable bonds is 8. The van der Waals surface area contributed by atoms with Gasteiger partial charge in [-0.1, -0.05) is 0 Å². The Morgan fingerprint density at radius 3 is 2.78 bits per heavy atom. The minimum absolute atomic E-state index is 0.0646. The summed E-state index contributed by atoms with van der Waals surface area (Å²) in [5.74, 6) is 0.0646. The first kappa shape index (κ1) is 15.4. The number of amides is 1. The smallest absolute Gasteiger partial charge is 0.248 e. The second kappa shape index (κ2) is 8.45. The van der Waals surface area contributed by atoms with E-state index in [9.17, 15) is 4.79 Å². The third-order valence-electron chi connectivity index (χ3n) is 3.18. The molecule has 1 unspecified atom stereocenters. The van der Waals surface area contributed by atoms with Crippen molar-refractivity contribution in [2.24, 2.45) is 0 Å². The van der Waals surface area contributed by atoms with E-state index in [1.807, 2.05) is 18.7 Å². The van der Waals surface area contributed by atoms with E-state index in [1.165, 1.54) is 6.42 Å². The van der Waals surface area contributed by atoms with Crippen molar-refractivity contribution in [1.82, 2.24) is 10.2 Å². The van der Waals surface area contributed by atoms with Crippen LogP contribution >= 0.6 is 0 Å². The Morgan fingerprint density at radius 1 is 1.44 bits per heavy atom. The summed E-state index contributed by atoms with van der Waals surface area (Å²) in [5.41, 5.74) is 0. The fourth-order valence-corrected chi connectivity index (χ4v) is 2.14. The summed E-state index contributed by atoms with van der Waals surface area (Å²) in [6.45, 7) is 7.08. The maximum atomic E-state index is 12.1. The Labute approximate surface area is 110 Å². The van der Waals surface area contributed by atoms with Crippen LogP contribution in [0.1, 0.15) is 26.7 Å². The Morgan fingerprint density at radius 2 is 2.22 bits per heavy atom. The zero-order valence-corrected chi connectivity index (χ0v) is 11.8. The standard InChI is InChI=1S/C13H26N2O3/c1-11(2)15(9-12-5-4-6-14-12)13(16)10-18-8-7-17-3/h11-12,14H,4-10H2,1-3H3. The molecule has 1 N–H and O–H groups in total. The number of nitrogens with zero attached hydrogens (tertiary/aromatic N) is 1. The summed E-state index contributed by atoms with van der Waals surface area (Å²) in [7, 11) is 1.62. The zero-order valence-electron chi connectivity index (χ0n) is 11.8. The number of methoxy groups -OCH3 is 1. The quantitative estimate of drug-likeness (QED) is 0.649. The number of carbonyl (C=O) groups excluding carboxylic acids is 1. The molecule has 1 atom stereocenters.